The van der Waals surface area contributed by atoms with E-state index in [-0.39, 0.29) is 25.6 Å². The van der Waals surface area contributed by atoms with E-state index in [0.29, 0.717) is 24.4 Å². The van der Waals surface area contributed by atoms with Gasteiger partial charge >= 0.3 is 0 Å². The molecule has 0 spiro atoms. The molecule has 23 heavy (non-hydrogen) atoms. The Morgan fingerprint density at radius 2 is 2.09 bits per heavy atom. The Kier molecular flexibility index (Phi) is 4.22. The maximum absolute atomic E-state index is 12.2. The lowest BCUT2D eigenvalue weighted by Crippen LogP contribution is -2.40. The van der Waals surface area contributed by atoms with Gasteiger partial charge in [-0.15, -0.1) is 12.4 Å². The number of halogens is 1. The number of benzene rings is 1. The third-order valence-corrected chi connectivity index (χ3v) is 4.37. The zero-order valence-electron chi connectivity index (χ0n) is 12.5. The van der Waals surface area contributed by atoms with Crippen molar-refractivity contribution >= 4 is 35.1 Å². The third-order valence-electron chi connectivity index (χ3n) is 4.37. The van der Waals surface area contributed by atoms with E-state index in [1.54, 1.807) is 6.20 Å². The van der Waals surface area contributed by atoms with Gasteiger partial charge < -0.3 is 10.6 Å². The molecule has 2 fully saturated rings. The molecule has 122 valence electrons. The first kappa shape index (κ1) is 15.7. The second kappa shape index (κ2) is 6.16. The number of nitrogens with one attached hydrogen (secondary N) is 2. The number of rotatable bonds is 3. The van der Waals surface area contributed by atoms with Crippen LogP contribution in [0.3, 0.4) is 0 Å². The highest BCUT2D eigenvalue weighted by Crippen LogP contribution is 2.40. The summed E-state index contributed by atoms with van der Waals surface area (Å²) in [5, 5.41) is 6.42. The summed E-state index contributed by atoms with van der Waals surface area (Å²) in [5.41, 5.74) is 2.74. The maximum Gasteiger partial charge on any atom is 0.253 e. The number of carbonyl (C=O) groups is 2. The molecule has 6 heteroatoms. The molecule has 5 nitrogen and oxygen atoms in total. The molecule has 1 saturated carbocycles. The number of nitrogens with zero attached hydrogens (tertiary/aromatic N) is 1. The predicted molar refractivity (Wildman–Crippen MR) is 92.0 cm³/mol. The van der Waals surface area contributed by atoms with Gasteiger partial charge in [0.1, 0.15) is 6.04 Å². The summed E-state index contributed by atoms with van der Waals surface area (Å²) < 4.78 is 0. The van der Waals surface area contributed by atoms with Crippen LogP contribution in [0, 0.1) is 0 Å². The second-order valence-corrected chi connectivity index (χ2v) is 6.06. The van der Waals surface area contributed by atoms with E-state index in [9.17, 15) is 9.59 Å². The first-order valence-corrected chi connectivity index (χ1v) is 7.69. The van der Waals surface area contributed by atoms with Crippen LogP contribution in [0.5, 0.6) is 0 Å². The van der Waals surface area contributed by atoms with E-state index < -0.39 is 6.04 Å². The summed E-state index contributed by atoms with van der Waals surface area (Å²) in [5.74, 6) is 0.328. The molecule has 1 aromatic heterocycles. The van der Waals surface area contributed by atoms with Crippen molar-refractivity contribution in [2.24, 2.45) is 0 Å². The van der Waals surface area contributed by atoms with Crippen molar-refractivity contribution in [3.05, 3.63) is 41.6 Å². The minimum absolute atomic E-state index is 0. The van der Waals surface area contributed by atoms with Crippen LogP contribution in [0.15, 0.2) is 30.5 Å². The Morgan fingerprint density at radius 1 is 1.26 bits per heavy atom. The largest absolute Gasteiger partial charge is 0.354 e. The summed E-state index contributed by atoms with van der Waals surface area (Å²) in [7, 11) is 0. The van der Waals surface area contributed by atoms with E-state index in [2.05, 4.69) is 27.8 Å². The normalized spacial score (nSPS) is 20.0. The van der Waals surface area contributed by atoms with Crippen molar-refractivity contribution < 1.29 is 11.0 Å². The summed E-state index contributed by atoms with van der Waals surface area (Å²) in [4.78, 5) is 28.2. The summed E-state index contributed by atoms with van der Waals surface area (Å²) in [6, 6.07) is 7.66. The molecule has 0 radical (unpaired) electrons. The molecule has 1 aliphatic carbocycles. The van der Waals surface area contributed by atoms with Gasteiger partial charge in [0.15, 0.2) is 0 Å². The average Bonchev–Trinajstić information content (AvgIpc) is 3.31. The highest BCUT2D eigenvalue weighted by atomic mass is 35.5. The van der Waals surface area contributed by atoms with E-state index in [4.69, 9.17) is 0 Å². The van der Waals surface area contributed by atoms with Gasteiger partial charge in [0.2, 0.25) is 5.91 Å². The predicted octanol–water partition coefficient (Wildman–Crippen LogP) is 2.40. The molecule has 2 amide bonds. The number of aromatic nitrogens is 1. The first-order chi connectivity index (χ1) is 10.7. The van der Waals surface area contributed by atoms with Crippen molar-refractivity contribution in [2.75, 3.05) is 6.54 Å². The fraction of sp³-hybridized carbons (Fsp3) is 0.353. The van der Waals surface area contributed by atoms with Crippen LogP contribution < -0.4 is 10.6 Å². The molecular weight excluding hydrogens is 314 g/mol. The summed E-state index contributed by atoms with van der Waals surface area (Å²) in [6.45, 7) is 0.615. The van der Waals surface area contributed by atoms with Crippen LogP contribution in [0.4, 0.5) is 0 Å². The molecule has 2 aliphatic rings. The maximum atomic E-state index is 12.2. The molecule has 1 saturated heterocycles. The SMILES string of the molecule is Cl.O=C(N[C@H]1CCNC1=O)c1cnc2cc(C3CC3)ccc2c1.[HH]. The number of hydrogen-bond acceptors (Lipinski definition) is 3. The number of amides is 2. The fourth-order valence-electron chi connectivity index (χ4n) is 2.91. The zero-order chi connectivity index (χ0) is 15.1. The van der Waals surface area contributed by atoms with Gasteiger partial charge in [-0.3, -0.25) is 14.6 Å². The Morgan fingerprint density at radius 3 is 2.78 bits per heavy atom. The first-order valence-electron chi connectivity index (χ1n) is 7.69. The molecule has 2 heterocycles. The molecule has 1 aliphatic heterocycles. The highest BCUT2D eigenvalue weighted by molar-refractivity contribution is 6.00. The highest BCUT2D eigenvalue weighted by Gasteiger charge is 2.26. The van der Waals surface area contributed by atoms with Crippen molar-refractivity contribution in [1.82, 2.24) is 15.6 Å². The monoisotopic (exact) mass is 333 g/mol. The lowest BCUT2D eigenvalue weighted by molar-refractivity contribution is -0.120. The van der Waals surface area contributed by atoms with Crippen LogP contribution >= 0.6 is 12.4 Å². The Hall–Kier alpha value is -2.14. The van der Waals surface area contributed by atoms with E-state index in [1.807, 2.05) is 12.1 Å². The minimum atomic E-state index is -0.430. The van der Waals surface area contributed by atoms with Crippen molar-refractivity contribution in [2.45, 2.75) is 31.2 Å². The van der Waals surface area contributed by atoms with Gasteiger partial charge in [-0.25, -0.2) is 0 Å². The van der Waals surface area contributed by atoms with Gasteiger partial charge in [-0.05, 0) is 42.9 Å². The van der Waals surface area contributed by atoms with E-state index in [1.165, 1.54) is 18.4 Å². The number of pyridine rings is 1. The van der Waals surface area contributed by atoms with Crippen molar-refractivity contribution in [1.29, 1.82) is 0 Å². The molecule has 1 aromatic carbocycles. The number of fused-ring (bicyclic) bond motifs is 1. The van der Waals surface area contributed by atoms with E-state index >= 15 is 0 Å². The summed E-state index contributed by atoms with van der Waals surface area (Å²) >= 11 is 0. The topological polar surface area (TPSA) is 71.1 Å². The molecule has 2 N–H and O–H groups in total. The van der Waals surface area contributed by atoms with E-state index in [0.717, 1.165) is 10.9 Å². The van der Waals surface area contributed by atoms with Crippen molar-refractivity contribution in [3.63, 3.8) is 0 Å². The Balaban J connectivity index is 0.00000104. The third kappa shape index (κ3) is 3.15. The van der Waals surface area contributed by atoms with Crippen LogP contribution in [0.2, 0.25) is 0 Å². The smallest absolute Gasteiger partial charge is 0.253 e. The molecule has 2 aromatic rings. The van der Waals surface area contributed by atoms with Crippen LogP contribution in [0.1, 0.15) is 42.5 Å². The quantitative estimate of drug-likeness (QED) is 0.906. The standard InChI is InChI=1S/C17H17N3O2.ClH.H2/c21-16(20-14-5-6-18-17(14)22)13-7-12-4-3-11(10-1-2-10)8-15(12)19-9-13;;/h3-4,7-10,14H,1-2,5-6H2,(H,18,22)(H,20,21);2*1H/t14-;;/m0../s1. The fourth-order valence-corrected chi connectivity index (χ4v) is 2.91. The lowest BCUT2D eigenvalue weighted by atomic mass is 10.1. The summed E-state index contributed by atoms with van der Waals surface area (Å²) in [6.07, 6.45) is 4.74. The van der Waals surface area contributed by atoms with Gasteiger partial charge in [0, 0.05) is 19.6 Å². The Labute approximate surface area is 141 Å². The Bertz CT molecular complexity index is 780. The van der Waals surface area contributed by atoms with Gasteiger partial charge in [-0.1, -0.05) is 12.1 Å². The van der Waals surface area contributed by atoms with Crippen molar-refractivity contribution in [3.8, 4) is 0 Å². The van der Waals surface area contributed by atoms with Gasteiger partial charge in [0.25, 0.3) is 5.91 Å². The number of hydrogen-bond donors (Lipinski definition) is 2. The molecule has 4 rings (SSSR count). The molecule has 0 unspecified atom stereocenters. The average molecular weight is 334 g/mol. The second-order valence-electron chi connectivity index (χ2n) is 6.06. The molecular formula is C17H20ClN3O2. The van der Waals surface area contributed by atoms with Crippen LogP contribution in [0.25, 0.3) is 10.9 Å². The zero-order valence-corrected chi connectivity index (χ0v) is 13.4. The minimum Gasteiger partial charge on any atom is -0.354 e. The molecule has 0 bridgehead atoms. The van der Waals surface area contributed by atoms with Gasteiger partial charge in [-0.2, -0.15) is 0 Å². The van der Waals surface area contributed by atoms with Crippen LogP contribution in [-0.2, 0) is 4.79 Å². The number of carbonyl (C=O) groups excluding carboxylic acids is 2. The van der Waals surface area contributed by atoms with Crippen LogP contribution in [-0.4, -0.2) is 29.4 Å². The van der Waals surface area contributed by atoms with Gasteiger partial charge in [0.05, 0.1) is 11.1 Å². The lowest BCUT2D eigenvalue weighted by Gasteiger charge is -2.10. The molecule has 1 atom stereocenters.